The van der Waals surface area contributed by atoms with E-state index in [0.717, 1.165) is 6.54 Å². The van der Waals surface area contributed by atoms with Crippen molar-refractivity contribution in [1.82, 2.24) is 20.4 Å². The van der Waals surface area contributed by atoms with Crippen LogP contribution >= 0.6 is 0 Å². The summed E-state index contributed by atoms with van der Waals surface area (Å²) in [4.78, 5) is 74.0. The maximum atomic E-state index is 13.1. The summed E-state index contributed by atoms with van der Waals surface area (Å²) < 4.78 is 84.9. The van der Waals surface area contributed by atoms with Crippen LogP contribution in [0, 0.1) is 5.92 Å². The standard InChI is InChI=1S/C40H62N4O15.C2HF3O.C2H6O/c1-28(46)55-33-25-35(38(48)51-5)58-36(26-33)56-32-13-11-30(27-45)34(24-32)59-40(50)44(4)17-16-43(3)39(49)57-31-9-7-6-8-29(10-12-31)37(47)42-15-19-53-21-23-54-22-20-52-18-14-41-2;3-2(4,5)1-6;1-3-2/h7,9,11,13,24,29,31,33,35-36,41,45H,6,8,10,12,14-23,25-27H2,1-5H3,(H,42,47);1H;1-2H3/b9-7+;;. The number of ether oxygens (including phenoxy) is 10. The van der Waals surface area contributed by atoms with Gasteiger partial charge in [0.1, 0.15) is 23.7 Å². The SMILES string of the molecule is CNCCOCCOCCOCCNC(=O)C1CC/C=C/C(OC(=O)N(C)CCN(C)C(=O)Oc2cc(OC3CC(OC(C)=O)CC(C(=O)OC)O3)ccc2CO)CC1.COC.O=CC(F)(F)F. The zero-order valence-corrected chi connectivity index (χ0v) is 39.9. The minimum atomic E-state index is -4.64. The predicted molar refractivity (Wildman–Crippen MR) is 236 cm³/mol. The fourth-order valence-electron chi connectivity index (χ4n) is 6.01. The van der Waals surface area contributed by atoms with Crippen LogP contribution in [0.3, 0.4) is 0 Å². The molecular weight excluding hydrogens is 913 g/mol. The van der Waals surface area contributed by atoms with Gasteiger partial charge < -0.3 is 72.9 Å². The number of amides is 3. The molecule has 1 aliphatic carbocycles. The third-order valence-corrected chi connectivity index (χ3v) is 9.49. The molecule has 3 amide bonds. The van der Waals surface area contributed by atoms with Crippen LogP contribution in [0.1, 0.15) is 51.0 Å². The summed E-state index contributed by atoms with van der Waals surface area (Å²) in [7, 11) is 9.38. The summed E-state index contributed by atoms with van der Waals surface area (Å²) >= 11 is 0. The highest BCUT2D eigenvalue weighted by atomic mass is 19.4. The number of likely N-dealkylation sites (N-methyl/N-ethyl adjacent to an activating group) is 3. The molecule has 24 heteroatoms. The smallest absolute Gasteiger partial charge is 0.446 e. The number of hydrogen-bond acceptors (Lipinski definition) is 18. The van der Waals surface area contributed by atoms with E-state index in [4.69, 9.17) is 47.4 Å². The van der Waals surface area contributed by atoms with Crippen molar-refractivity contribution in [2.45, 2.75) is 82.8 Å². The molecule has 1 aromatic rings. The van der Waals surface area contributed by atoms with E-state index in [1.807, 2.05) is 19.2 Å². The summed E-state index contributed by atoms with van der Waals surface area (Å²) in [5.74, 6) is -1.26. The molecule has 388 valence electrons. The van der Waals surface area contributed by atoms with E-state index < -0.39 is 67.8 Å². The van der Waals surface area contributed by atoms with E-state index >= 15 is 0 Å². The van der Waals surface area contributed by atoms with Gasteiger partial charge in [0, 0.05) is 91.8 Å². The van der Waals surface area contributed by atoms with E-state index in [0.29, 0.717) is 77.4 Å². The van der Waals surface area contributed by atoms with E-state index in [9.17, 15) is 42.3 Å². The van der Waals surface area contributed by atoms with Gasteiger partial charge in [-0.1, -0.05) is 6.08 Å². The number of rotatable bonds is 23. The molecule has 2 aliphatic rings. The second-order valence-electron chi connectivity index (χ2n) is 15.0. The van der Waals surface area contributed by atoms with Crippen LogP contribution in [-0.2, 0) is 63.7 Å². The van der Waals surface area contributed by atoms with E-state index in [1.165, 1.54) is 49.1 Å². The van der Waals surface area contributed by atoms with Gasteiger partial charge in [-0.3, -0.25) is 14.4 Å². The molecule has 1 fully saturated rings. The van der Waals surface area contributed by atoms with E-state index in [1.54, 1.807) is 21.3 Å². The number of aliphatic hydroxyl groups is 1. The Morgan fingerprint density at radius 2 is 1.47 bits per heavy atom. The zero-order chi connectivity index (χ0) is 50.9. The molecule has 21 nitrogen and oxygen atoms in total. The first-order chi connectivity index (χ1) is 32.4. The molecule has 0 spiro atoms. The number of methoxy groups -OCH3 is 2. The molecule has 68 heavy (non-hydrogen) atoms. The van der Waals surface area contributed by atoms with Gasteiger partial charge in [-0.15, -0.1) is 0 Å². The lowest BCUT2D eigenvalue weighted by molar-refractivity contribution is -0.204. The first-order valence-electron chi connectivity index (χ1n) is 21.8. The van der Waals surface area contributed by atoms with Crippen molar-refractivity contribution in [2.24, 2.45) is 5.92 Å². The number of carbonyl (C=O) groups is 6. The molecule has 3 rings (SSSR count). The first kappa shape index (κ1) is 60.9. The van der Waals surface area contributed by atoms with Crippen molar-refractivity contribution >= 4 is 36.3 Å². The molecule has 0 saturated carbocycles. The van der Waals surface area contributed by atoms with Gasteiger partial charge in [0.25, 0.3) is 0 Å². The minimum absolute atomic E-state index is 0.0156. The maximum Gasteiger partial charge on any atom is 0.446 e. The number of esters is 2. The van der Waals surface area contributed by atoms with Crippen LogP contribution in [0.25, 0.3) is 0 Å². The Bertz CT molecular complexity index is 1670. The van der Waals surface area contributed by atoms with Crippen LogP contribution in [0.15, 0.2) is 30.4 Å². The average molecular weight is 983 g/mol. The number of carbonyl (C=O) groups excluding carboxylic acids is 6. The third kappa shape index (κ3) is 27.0. The fourth-order valence-corrected chi connectivity index (χ4v) is 6.01. The quantitative estimate of drug-likeness (QED) is 0.0469. The molecule has 1 heterocycles. The van der Waals surface area contributed by atoms with Crippen LogP contribution in [0.5, 0.6) is 11.5 Å². The van der Waals surface area contributed by atoms with E-state index in [-0.39, 0.29) is 49.3 Å². The third-order valence-electron chi connectivity index (χ3n) is 9.49. The molecule has 1 aromatic carbocycles. The molecule has 0 aromatic heterocycles. The Morgan fingerprint density at radius 3 is 2.04 bits per heavy atom. The minimum Gasteiger partial charge on any atom is -0.467 e. The fraction of sp³-hybridized carbons (Fsp3) is 0.682. The second-order valence-corrected chi connectivity index (χ2v) is 15.0. The summed E-state index contributed by atoms with van der Waals surface area (Å²) in [6.45, 7) is 5.07. The van der Waals surface area contributed by atoms with Gasteiger partial charge in [0.2, 0.25) is 18.5 Å². The molecule has 5 unspecified atom stereocenters. The number of nitrogens with zero attached hydrogens (tertiary/aromatic N) is 2. The summed E-state index contributed by atoms with van der Waals surface area (Å²) in [6, 6.07) is 4.43. The summed E-state index contributed by atoms with van der Waals surface area (Å²) in [5, 5.41) is 15.8. The van der Waals surface area contributed by atoms with Crippen LogP contribution in [0.2, 0.25) is 0 Å². The Labute approximate surface area is 395 Å². The normalized spacial score (nSPS) is 19.4. The van der Waals surface area contributed by atoms with Gasteiger partial charge in [0.05, 0.1) is 53.4 Å². The van der Waals surface area contributed by atoms with Crippen LogP contribution < -0.4 is 20.1 Å². The number of hydrogen-bond donors (Lipinski definition) is 3. The lowest BCUT2D eigenvalue weighted by Crippen LogP contribution is -2.44. The van der Waals surface area contributed by atoms with Crippen molar-refractivity contribution in [2.75, 3.05) is 108 Å². The topological polar surface area (TPSA) is 245 Å². The largest absolute Gasteiger partial charge is 0.467 e. The Kier molecular flexibility index (Phi) is 31.4. The Hall–Kier alpha value is -5.11. The number of benzene rings is 1. The highest BCUT2D eigenvalue weighted by molar-refractivity contribution is 5.78. The first-order valence-corrected chi connectivity index (χ1v) is 21.8. The number of nitrogens with one attached hydrogen (secondary N) is 2. The molecule has 5 atom stereocenters. The van der Waals surface area contributed by atoms with Crippen LogP contribution in [0.4, 0.5) is 22.8 Å². The predicted octanol–water partition coefficient (Wildman–Crippen LogP) is 3.18. The maximum absolute atomic E-state index is 13.1. The number of aliphatic hydroxyl groups excluding tert-OH is 1. The number of halogens is 3. The number of alkyl halides is 3. The van der Waals surface area contributed by atoms with Gasteiger partial charge in [-0.05, 0) is 50.9 Å². The summed E-state index contributed by atoms with van der Waals surface area (Å²) in [5.41, 5.74) is 0.297. The lowest BCUT2D eigenvalue weighted by atomic mass is 9.92. The Balaban J connectivity index is 0.00000234. The molecule has 1 aliphatic heterocycles. The van der Waals surface area contributed by atoms with Crippen molar-refractivity contribution in [3.8, 4) is 11.5 Å². The van der Waals surface area contributed by atoms with Gasteiger partial charge in [0.15, 0.2) is 6.10 Å². The number of allylic oxidation sites excluding steroid dienone is 1. The van der Waals surface area contributed by atoms with Crippen molar-refractivity contribution in [3.05, 3.63) is 35.9 Å². The van der Waals surface area contributed by atoms with E-state index in [2.05, 4.69) is 15.4 Å². The van der Waals surface area contributed by atoms with Crippen molar-refractivity contribution < 1.29 is 94.4 Å². The zero-order valence-electron chi connectivity index (χ0n) is 39.9. The van der Waals surface area contributed by atoms with Gasteiger partial charge >= 0.3 is 30.3 Å². The molecular formula is C44H69F3N4O17. The van der Waals surface area contributed by atoms with Gasteiger partial charge in [-0.2, -0.15) is 13.2 Å². The monoisotopic (exact) mass is 982 g/mol. The molecule has 3 N–H and O–H groups in total. The highest BCUT2D eigenvalue weighted by Gasteiger charge is 2.37. The number of aldehydes is 1. The lowest BCUT2D eigenvalue weighted by Gasteiger charge is -2.33. The average Bonchev–Trinajstić information content (AvgIpc) is 3.29. The molecule has 1 saturated heterocycles. The van der Waals surface area contributed by atoms with Crippen molar-refractivity contribution in [1.29, 1.82) is 0 Å². The summed E-state index contributed by atoms with van der Waals surface area (Å²) in [6.07, 6.45) is -3.96. The van der Waals surface area contributed by atoms with Gasteiger partial charge in [-0.25, -0.2) is 14.4 Å². The molecule has 0 bridgehead atoms. The molecule has 0 radical (unpaired) electrons. The van der Waals surface area contributed by atoms with Crippen molar-refractivity contribution in [3.63, 3.8) is 0 Å². The van der Waals surface area contributed by atoms with Crippen LogP contribution in [-0.4, -0.2) is 190 Å². The Morgan fingerprint density at radius 1 is 0.868 bits per heavy atom. The second kappa shape index (κ2) is 35.1. The highest BCUT2D eigenvalue weighted by Crippen LogP contribution is 2.30.